The Kier molecular flexibility index (Phi) is 5.96. The van der Waals surface area contributed by atoms with E-state index in [1.807, 2.05) is 0 Å². The first-order valence-electron chi connectivity index (χ1n) is 9.40. The van der Waals surface area contributed by atoms with Gasteiger partial charge in [-0.25, -0.2) is 0 Å². The largest absolute Gasteiger partial charge is 0.497 e. The Labute approximate surface area is 182 Å². The second-order valence-corrected chi connectivity index (χ2v) is 8.24. The number of aromatic nitrogens is 2. The number of hydrogen-bond donors (Lipinski definition) is 1. The molecule has 0 radical (unpaired) electrons. The number of ether oxygens (including phenoxy) is 1. The van der Waals surface area contributed by atoms with Crippen LogP contribution in [0.3, 0.4) is 0 Å². The van der Waals surface area contributed by atoms with Crippen LogP contribution in [-0.4, -0.2) is 40.6 Å². The van der Waals surface area contributed by atoms with E-state index in [1.165, 1.54) is 11.3 Å². The van der Waals surface area contributed by atoms with Crippen molar-refractivity contribution in [3.05, 3.63) is 69.1 Å². The van der Waals surface area contributed by atoms with Gasteiger partial charge in [-0.05, 0) is 55.3 Å². The third kappa shape index (κ3) is 4.29. The fourth-order valence-corrected chi connectivity index (χ4v) is 4.38. The van der Waals surface area contributed by atoms with E-state index in [2.05, 4.69) is 15.5 Å². The molecule has 30 heavy (non-hydrogen) atoms. The van der Waals surface area contributed by atoms with Crippen molar-refractivity contribution in [3.8, 4) is 5.75 Å². The summed E-state index contributed by atoms with van der Waals surface area (Å²) >= 11 is 7.08. The van der Waals surface area contributed by atoms with E-state index in [9.17, 15) is 9.59 Å². The highest BCUT2D eigenvalue weighted by molar-refractivity contribution is 7.13. The molecule has 2 amide bonds. The van der Waals surface area contributed by atoms with E-state index in [4.69, 9.17) is 16.3 Å². The molecule has 154 valence electrons. The molecule has 1 N–H and O–H groups in total. The summed E-state index contributed by atoms with van der Waals surface area (Å²) < 4.78 is 5.22. The second kappa shape index (κ2) is 8.81. The van der Waals surface area contributed by atoms with Gasteiger partial charge in [-0.3, -0.25) is 9.59 Å². The van der Waals surface area contributed by atoms with Crippen LogP contribution in [0.2, 0.25) is 5.02 Å². The first-order chi connectivity index (χ1) is 14.5. The lowest BCUT2D eigenvalue weighted by atomic mass is 10.1. The number of likely N-dealkylation sites (tertiary alicyclic amines) is 1. The molecular weight excluding hydrogens is 424 g/mol. The standard InChI is InChI=1S/C21H19ClN4O3S/c1-29-16-5-2-4-13(12-16)21(28)26-11-3-6-17(26)19-24-25-20(30-19)18(27)23-15-9-7-14(22)8-10-15/h2,4-5,7-10,12,17H,3,6,11H2,1H3,(H,23,27)/t17-/m0/s1. The molecular formula is C21H19ClN4O3S. The predicted molar refractivity (Wildman–Crippen MR) is 115 cm³/mol. The third-order valence-electron chi connectivity index (χ3n) is 4.85. The number of methoxy groups -OCH3 is 1. The first-order valence-corrected chi connectivity index (χ1v) is 10.6. The summed E-state index contributed by atoms with van der Waals surface area (Å²) in [6.07, 6.45) is 1.65. The van der Waals surface area contributed by atoms with Crippen molar-refractivity contribution in [2.75, 3.05) is 19.0 Å². The van der Waals surface area contributed by atoms with Gasteiger partial charge >= 0.3 is 0 Å². The van der Waals surface area contributed by atoms with Gasteiger partial charge in [0.1, 0.15) is 10.8 Å². The van der Waals surface area contributed by atoms with Crippen molar-refractivity contribution in [1.82, 2.24) is 15.1 Å². The van der Waals surface area contributed by atoms with Crippen molar-refractivity contribution < 1.29 is 14.3 Å². The molecule has 9 heteroatoms. The molecule has 0 aliphatic carbocycles. The molecule has 1 aromatic heterocycles. The van der Waals surface area contributed by atoms with Gasteiger partial charge in [0.2, 0.25) is 5.01 Å². The van der Waals surface area contributed by atoms with Gasteiger partial charge in [-0.15, -0.1) is 10.2 Å². The zero-order valence-corrected chi connectivity index (χ0v) is 17.7. The van der Waals surface area contributed by atoms with Crippen LogP contribution < -0.4 is 10.1 Å². The summed E-state index contributed by atoms with van der Waals surface area (Å²) in [6.45, 7) is 0.632. The van der Waals surface area contributed by atoms with Crippen molar-refractivity contribution in [2.45, 2.75) is 18.9 Å². The van der Waals surface area contributed by atoms with Crippen LogP contribution in [0.1, 0.15) is 44.1 Å². The minimum absolute atomic E-state index is 0.0845. The van der Waals surface area contributed by atoms with Gasteiger partial charge < -0.3 is 15.0 Å². The fourth-order valence-electron chi connectivity index (χ4n) is 3.37. The van der Waals surface area contributed by atoms with Crippen molar-refractivity contribution in [1.29, 1.82) is 0 Å². The van der Waals surface area contributed by atoms with Crippen molar-refractivity contribution in [3.63, 3.8) is 0 Å². The van der Waals surface area contributed by atoms with E-state index < -0.39 is 0 Å². The highest BCUT2D eigenvalue weighted by Crippen LogP contribution is 2.35. The Morgan fingerprint density at radius 1 is 1.20 bits per heavy atom. The highest BCUT2D eigenvalue weighted by Gasteiger charge is 2.33. The molecule has 0 spiro atoms. The summed E-state index contributed by atoms with van der Waals surface area (Å²) in [6, 6.07) is 13.7. The maximum Gasteiger partial charge on any atom is 0.286 e. The topological polar surface area (TPSA) is 84.4 Å². The number of nitrogens with zero attached hydrogens (tertiary/aromatic N) is 3. The van der Waals surface area contributed by atoms with E-state index in [-0.39, 0.29) is 22.9 Å². The fraction of sp³-hybridized carbons (Fsp3) is 0.238. The lowest BCUT2D eigenvalue weighted by Gasteiger charge is -2.23. The highest BCUT2D eigenvalue weighted by atomic mass is 35.5. The van der Waals surface area contributed by atoms with Gasteiger partial charge in [0.05, 0.1) is 13.2 Å². The Morgan fingerprint density at radius 2 is 2.00 bits per heavy atom. The van der Waals surface area contributed by atoms with Crippen LogP contribution in [-0.2, 0) is 0 Å². The number of rotatable bonds is 5. The Morgan fingerprint density at radius 3 is 2.77 bits per heavy atom. The first kappa shape index (κ1) is 20.3. The van der Waals surface area contributed by atoms with Crippen LogP contribution in [0.4, 0.5) is 5.69 Å². The quantitative estimate of drug-likeness (QED) is 0.631. The monoisotopic (exact) mass is 442 g/mol. The average Bonchev–Trinajstić information content (AvgIpc) is 3.44. The molecule has 0 unspecified atom stereocenters. The number of carbonyl (C=O) groups excluding carboxylic acids is 2. The summed E-state index contributed by atoms with van der Waals surface area (Å²) in [7, 11) is 1.57. The molecule has 1 aliphatic heterocycles. The van der Waals surface area contributed by atoms with Crippen LogP contribution in [0.5, 0.6) is 5.75 Å². The van der Waals surface area contributed by atoms with E-state index in [0.717, 1.165) is 12.8 Å². The second-order valence-electron chi connectivity index (χ2n) is 6.79. The van der Waals surface area contributed by atoms with E-state index in [0.29, 0.717) is 33.6 Å². The van der Waals surface area contributed by atoms with Crippen molar-refractivity contribution in [2.24, 2.45) is 0 Å². The molecule has 1 aliphatic rings. The summed E-state index contributed by atoms with van der Waals surface area (Å²) in [5.74, 6) is 0.206. The summed E-state index contributed by atoms with van der Waals surface area (Å²) in [5, 5.41) is 12.5. The summed E-state index contributed by atoms with van der Waals surface area (Å²) in [5.41, 5.74) is 1.18. The van der Waals surface area contributed by atoms with Gasteiger partial charge in [-0.1, -0.05) is 29.0 Å². The zero-order chi connectivity index (χ0) is 21.1. The normalized spacial score (nSPS) is 15.8. The predicted octanol–water partition coefficient (Wildman–Crippen LogP) is 4.43. The number of anilines is 1. The van der Waals surface area contributed by atoms with Gasteiger partial charge in [0.15, 0.2) is 0 Å². The average molecular weight is 443 g/mol. The molecule has 1 fully saturated rings. The number of nitrogens with one attached hydrogen (secondary N) is 1. The number of hydrogen-bond acceptors (Lipinski definition) is 6. The lowest BCUT2D eigenvalue weighted by molar-refractivity contribution is 0.0734. The molecule has 2 aromatic carbocycles. The lowest BCUT2D eigenvalue weighted by Crippen LogP contribution is -2.30. The molecule has 3 aromatic rings. The van der Waals surface area contributed by atoms with E-state index >= 15 is 0 Å². The molecule has 1 atom stereocenters. The SMILES string of the molecule is COc1cccc(C(=O)N2CCC[C@H]2c2nnc(C(=O)Nc3ccc(Cl)cc3)s2)c1. The number of halogens is 1. The molecule has 2 heterocycles. The van der Waals surface area contributed by atoms with Crippen LogP contribution in [0, 0.1) is 0 Å². The zero-order valence-electron chi connectivity index (χ0n) is 16.2. The van der Waals surface area contributed by atoms with Crippen molar-refractivity contribution >= 4 is 40.4 Å². The maximum absolute atomic E-state index is 13.0. The van der Waals surface area contributed by atoms with Crippen LogP contribution in [0.25, 0.3) is 0 Å². The number of carbonyl (C=O) groups is 2. The number of benzene rings is 2. The molecule has 0 bridgehead atoms. The smallest absolute Gasteiger partial charge is 0.286 e. The van der Waals surface area contributed by atoms with Gasteiger partial charge in [-0.2, -0.15) is 0 Å². The van der Waals surface area contributed by atoms with E-state index in [1.54, 1.807) is 60.5 Å². The minimum Gasteiger partial charge on any atom is -0.497 e. The Balaban J connectivity index is 1.49. The van der Waals surface area contributed by atoms with Crippen LogP contribution in [0.15, 0.2) is 48.5 Å². The molecule has 0 saturated carbocycles. The maximum atomic E-state index is 13.0. The third-order valence-corrected chi connectivity index (χ3v) is 6.13. The van der Waals surface area contributed by atoms with Gasteiger partial charge in [0, 0.05) is 22.8 Å². The van der Waals surface area contributed by atoms with Gasteiger partial charge in [0.25, 0.3) is 11.8 Å². The summed E-state index contributed by atoms with van der Waals surface area (Å²) in [4.78, 5) is 27.3. The molecule has 4 rings (SSSR count). The minimum atomic E-state index is -0.343. The Hall–Kier alpha value is -2.97. The molecule has 1 saturated heterocycles. The molecule has 7 nitrogen and oxygen atoms in total. The number of amides is 2. The van der Waals surface area contributed by atoms with Crippen LogP contribution >= 0.6 is 22.9 Å². The Bertz CT molecular complexity index is 1070.